The maximum Gasteiger partial charge on any atom is 0.235 e. The first kappa shape index (κ1) is 18.2. The van der Waals surface area contributed by atoms with Gasteiger partial charge in [0.25, 0.3) is 0 Å². The van der Waals surface area contributed by atoms with Crippen LogP contribution in [0.1, 0.15) is 52.9 Å². The Morgan fingerprint density at radius 1 is 1.26 bits per heavy atom. The van der Waals surface area contributed by atoms with Crippen LogP contribution < -0.4 is 5.32 Å². The number of likely N-dealkylation sites (tertiary alicyclic amines) is 2. The Morgan fingerprint density at radius 2 is 1.96 bits per heavy atom. The van der Waals surface area contributed by atoms with Crippen molar-refractivity contribution in [2.24, 2.45) is 5.92 Å². The van der Waals surface area contributed by atoms with Crippen molar-refractivity contribution in [2.45, 2.75) is 64.5 Å². The second-order valence-corrected chi connectivity index (χ2v) is 7.64. The van der Waals surface area contributed by atoms with E-state index in [-0.39, 0.29) is 11.8 Å². The van der Waals surface area contributed by atoms with Crippen LogP contribution in [0.5, 0.6) is 0 Å². The number of hydrogen-bond acceptors (Lipinski definition) is 4. The van der Waals surface area contributed by atoms with Gasteiger partial charge in [0.15, 0.2) is 0 Å². The molecule has 130 valence electrons. The summed E-state index contributed by atoms with van der Waals surface area (Å²) in [6.45, 7) is 10.7. The predicted molar refractivity (Wildman–Crippen MR) is 91.9 cm³/mol. The number of nitrogens with zero attached hydrogens (tertiary/aromatic N) is 3. The molecule has 0 aromatic heterocycles. The van der Waals surface area contributed by atoms with Crippen LogP contribution in [-0.2, 0) is 4.79 Å². The van der Waals surface area contributed by atoms with Gasteiger partial charge in [-0.25, -0.2) is 0 Å². The average Bonchev–Trinajstić information content (AvgIpc) is 2.94. The predicted octanol–water partition coefficient (Wildman–Crippen LogP) is 1.99. The monoisotopic (exact) mass is 320 g/mol. The molecule has 2 heterocycles. The molecule has 5 heteroatoms. The third-order valence-corrected chi connectivity index (χ3v) is 5.55. The van der Waals surface area contributed by atoms with Gasteiger partial charge in [0, 0.05) is 12.6 Å². The molecule has 5 nitrogen and oxygen atoms in total. The van der Waals surface area contributed by atoms with Crippen LogP contribution in [0.25, 0.3) is 0 Å². The normalized spacial score (nSPS) is 26.0. The number of rotatable bonds is 6. The second kappa shape index (κ2) is 8.12. The average molecular weight is 320 g/mol. The summed E-state index contributed by atoms with van der Waals surface area (Å²) < 4.78 is 0. The van der Waals surface area contributed by atoms with Crippen molar-refractivity contribution in [3.8, 4) is 6.07 Å². The van der Waals surface area contributed by atoms with E-state index < -0.39 is 5.54 Å². The number of hydrogen-bond donors (Lipinski definition) is 1. The summed E-state index contributed by atoms with van der Waals surface area (Å²) in [4.78, 5) is 17.3. The smallest absolute Gasteiger partial charge is 0.235 e. The zero-order valence-corrected chi connectivity index (χ0v) is 15.0. The van der Waals surface area contributed by atoms with Gasteiger partial charge in [-0.3, -0.25) is 9.69 Å². The maximum atomic E-state index is 12.4. The van der Waals surface area contributed by atoms with Crippen molar-refractivity contribution in [3.63, 3.8) is 0 Å². The lowest BCUT2D eigenvalue weighted by Crippen LogP contribution is -2.53. The lowest BCUT2D eigenvalue weighted by atomic mass is 9.90. The van der Waals surface area contributed by atoms with Crippen molar-refractivity contribution in [1.29, 1.82) is 5.26 Å². The maximum absolute atomic E-state index is 12.4. The largest absolute Gasteiger partial charge is 0.337 e. The van der Waals surface area contributed by atoms with E-state index in [0.29, 0.717) is 12.6 Å². The molecule has 0 aromatic carbocycles. The lowest BCUT2D eigenvalue weighted by Gasteiger charge is -2.33. The molecule has 2 fully saturated rings. The highest BCUT2D eigenvalue weighted by Gasteiger charge is 2.33. The molecule has 2 atom stereocenters. The Bertz CT molecular complexity index is 439. The Morgan fingerprint density at radius 3 is 2.57 bits per heavy atom. The van der Waals surface area contributed by atoms with E-state index in [1.165, 1.54) is 45.2 Å². The fourth-order valence-corrected chi connectivity index (χ4v) is 3.57. The van der Waals surface area contributed by atoms with Crippen LogP contribution in [0.4, 0.5) is 0 Å². The second-order valence-electron chi connectivity index (χ2n) is 7.64. The lowest BCUT2D eigenvalue weighted by molar-refractivity contribution is -0.124. The van der Waals surface area contributed by atoms with E-state index in [4.69, 9.17) is 0 Å². The number of piperidine rings is 1. The number of carbonyl (C=O) groups excluding carboxylic acids is 1. The number of nitriles is 1. The third-order valence-electron chi connectivity index (χ3n) is 5.55. The minimum absolute atomic E-state index is 0.0201. The van der Waals surface area contributed by atoms with Crippen LogP contribution in [0.15, 0.2) is 0 Å². The molecule has 0 saturated carbocycles. The van der Waals surface area contributed by atoms with Crippen LogP contribution in [0.2, 0.25) is 0 Å². The molecule has 0 spiro atoms. The molecule has 2 aliphatic heterocycles. The molecule has 0 bridgehead atoms. The Kier molecular flexibility index (Phi) is 6.43. The molecular weight excluding hydrogens is 288 g/mol. The number of amides is 1. The van der Waals surface area contributed by atoms with Gasteiger partial charge in [-0.15, -0.1) is 0 Å². The van der Waals surface area contributed by atoms with Crippen molar-refractivity contribution in [1.82, 2.24) is 15.1 Å². The van der Waals surface area contributed by atoms with Gasteiger partial charge in [-0.05, 0) is 58.2 Å². The van der Waals surface area contributed by atoms with Crippen LogP contribution >= 0.6 is 0 Å². The summed E-state index contributed by atoms with van der Waals surface area (Å²) in [5.74, 6) is 0.0764. The molecule has 0 unspecified atom stereocenters. The van der Waals surface area contributed by atoms with Gasteiger partial charge in [0.05, 0.1) is 12.6 Å². The van der Waals surface area contributed by atoms with Crippen LogP contribution in [-0.4, -0.2) is 60.0 Å². The van der Waals surface area contributed by atoms with Gasteiger partial charge in [0.2, 0.25) is 5.91 Å². The first-order valence-electron chi connectivity index (χ1n) is 9.13. The minimum Gasteiger partial charge on any atom is -0.337 e. The SMILES string of the molecule is CC(C)[C@](C)(C#N)NC(=O)CN1CCC[C@H]1CN1CCCCC1. The summed E-state index contributed by atoms with van der Waals surface area (Å²) in [5, 5.41) is 12.3. The molecule has 1 amide bonds. The fourth-order valence-electron chi connectivity index (χ4n) is 3.57. The van der Waals surface area contributed by atoms with Crippen LogP contribution in [0.3, 0.4) is 0 Å². The van der Waals surface area contributed by atoms with Gasteiger partial charge < -0.3 is 10.2 Å². The van der Waals surface area contributed by atoms with Gasteiger partial charge in [-0.1, -0.05) is 20.3 Å². The van der Waals surface area contributed by atoms with E-state index in [1.807, 2.05) is 20.8 Å². The highest BCUT2D eigenvalue weighted by Crippen LogP contribution is 2.20. The third kappa shape index (κ3) is 4.92. The van der Waals surface area contributed by atoms with Gasteiger partial charge >= 0.3 is 0 Å². The van der Waals surface area contributed by atoms with E-state index in [0.717, 1.165) is 13.1 Å². The Hall–Kier alpha value is -1.12. The molecule has 1 N–H and O–H groups in total. The highest BCUT2D eigenvalue weighted by molar-refractivity contribution is 5.79. The first-order valence-corrected chi connectivity index (χ1v) is 9.13. The first-order chi connectivity index (χ1) is 10.9. The topological polar surface area (TPSA) is 59.4 Å². The minimum atomic E-state index is -0.779. The van der Waals surface area contributed by atoms with Crippen molar-refractivity contribution < 1.29 is 4.79 Å². The van der Waals surface area contributed by atoms with E-state index in [9.17, 15) is 10.1 Å². The summed E-state index contributed by atoms with van der Waals surface area (Å²) in [7, 11) is 0. The standard InChI is InChI=1S/C18H32N4O/c1-15(2)18(3,14-19)20-17(23)13-22-11-7-8-16(22)12-21-9-5-4-6-10-21/h15-16H,4-13H2,1-3H3,(H,20,23)/t16-,18-/m0/s1. The molecule has 23 heavy (non-hydrogen) atoms. The summed E-state index contributed by atoms with van der Waals surface area (Å²) in [6.07, 6.45) is 6.33. The molecule has 2 rings (SSSR count). The molecular formula is C18H32N4O. The molecule has 0 radical (unpaired) electrons. The summed E-state index contributed by atoms with van der Waals surface area (Å²) in [5.41, 5.74) is -0.779. The van der Waals surface area contributed by atoms with E-state index in [2.05, 4.69) is 21.2 Å². The molecule has 0 aromatic rings. The Labute approximate surface area is 141 Å². The summed E-state index contributed by atoms with van der Waals surface area (Å²) in [6, 6.07) is 2.74. The quantitative estimate of drug-likeness (QED) is 0.813. The Balaban J connectivity index is 1.85. The number of nitrogens with one attached hydrogen (secondary N) is 1. The van der Waals surface area contributed by atoms with E-state index in [1.54, 1.807) is 0 Å². The fraction of sp³-hybridized carbons (Fsp3) is 0.889. The highest BCUT2D eigenvalue weighted by atomic mass is 16.2. The molecule has 0 aliphatic carbocycles. The van der Waals surface area contributed by atoms with Crippen LogP contribution in [0, 0.1) is 17.2 Å². The number of carbonyl (C=O) groups is 1. The molecule has 2 saturated heterocycles. The van der Waals surface area contributed by atoms with Gasteiger partial charge in [0.1, 0.15) is 5.54 Å². The van der Waals surface area contributed by atoms with E-state index >= 15 is 0 Å². The van der Waals surface area contributed by atoms with Crippen molar-refractivity contribution in [2.75, 3.05) is 32.7 Å². The zero-order valence-electron chi connectivity index (χ0n) is 15.0. The van der Waals surface area contributed by atoms with Crippen molar-refractivity contribution >= 4 is 5.91 Å². The zero-order chi connectivity index (χ0) is 16.9. The van der Waals surface area contributed by atoms with Gasteiger partial charge in [-0.2, -0.15) is 5.26 Å². The summed E-state index contributed by atoms with van der Waals surface area (Å²) >= 11 is 0. The van der Waals surface area contributed by atoms with Crippen molar-refractivity contribution in [3.05, 3.63) is 0 Å². The molecule has 2 aliphatic rings.